The van der Waals surface area contributed by atoms with Crippen molar-refractivity contribution in [2.75, 3.05) is 29.9 Å². The lowest BCUT2D eigenvalue weighted by Crippen LogP contribution is -2.39. The van der Waals surface area contributed by atoms with Crippen LogP contribution in [0.4, 0.5) is 11.4 Å². The van der Waals surface area contributed by atoms with Crippen LogP contribution >= 0.6 is 23.5 Å². The molecule has 2 aromatic heterocycles. The van der Waals surface area contributed by atoms with E-state index >= 15 is 0 Å². The van der Waals surface area contributed by atoms with Crippen molar-refractivity contribution in [2.45, 2.75) is 39.2 Å². The highest BCUT2D eigenvalue weighted by Gasteiger charge is 2.28. The van der Waals surface area contributed by atoms with E-state index in [0.29, 0.717) is 19.7 Å². The quantitative estimate of drug-likeness (QED) is 0.327. The van der Waals surface area contributed by atoms with Crippen LogP contribution < -0.4 is 15.8 Å². The SMILES string of the molecule is Cc1nccnc1CNc1ccc2c(c1)Sc1cccc(C3CN(c4cc[nH]c(=O)c4)CCO3)c1S2. The second-order valence-corrected chi connectivity index (χ2v) is 10.8. The normalized spacial score (nSPS) is 16.8. The zero-order valence-corrected chi connectivity index (χ0v) is 21.4. The highest BCUT2D eigenvalue weighted by molar-refractivity contribution is 8.05. The third kappa shape index (κ3) is 4.74. The van der Waals surface area contributed by atoms with E-state index in [0.717, 1.165) is 29.3 Å². The summed E-state index contributed by atoms with van der Waals surface area (Å²) in [6, 6.07) is 16.6. The van der Waals surface area contributed by atoms with Gasteiger partial charge in [-0.05, 0) is 42.8 Å². The van der Waals surface area contributed by atoms with Gasteiger partial charge in [-0.25, -0.2) is 0 Å². The van der Waals surface area contributed by atoms with E-state index in [1.807, 2.05) is 13.0 Å². The molecule has 4 aromatic rings. The standard InChI is InChI=1S/C27H25N5O2S2/c1-17-21(29-10-9-28-17)15-31-18-5-6-23-25(13-18)35-24-4-2-3-20(27(24)36-23)22-16-32(11-12-34-22)19-7-8-30-26(33)14-19/h2-10,13-14,22,31H,11-12,15-16H2,1H3,(H,30,33). The molecule has 0 radical (unpaired) electrons. The third-order valence-electron chi connectivity index (χ3n) is 6.36. The van der Waals surface area contributed by atoms with Crippen molar-refractivity contribution < 1.29 is 4.74 Å². The van der Waals surface area contributed by atoms with E-state index in [1.165, 1.54) is 25.1 Å². The Balaban J connectivity index is 1.21. The van der Waals surface area contributed by atoms with E-state index in [9.17, 15) is 4.79 Å². The summed E-state index contributed by atoms with van der Waals surface area (Å²) in [6.45, 7) is 4.72. The maximum atomic E-state index is 11.8. The van der Waals surface area contributed by atoms with Crippen molar-refractivity contribution in [2.24, 2.45) is 0 Å². The van der Waals surface area contributed by atoms with Gasteiger partial charge in [-0.1, -0.05) is 35.7 Å². The van der Waals surface area contributed by atoms with Crippen LogP contribution in [0.2, 0.25) is 0 Å². The summed E-state index contributed by atoms with van der Waals surface area (Å²) in [5.41, 5.74) is 5.00. The van der Waals surface area contributed by atoms with E-state index in [-0.39, 0.29) is 11.7 Å². The van der Waals surface area contributed by atoms with E-state index < -0.39 is 0 Å². The minimum atomic E-state index is -0.0862. The smallest absolute Gasteiger partial charge is 0.249 e. The van der Waals surface area contributed by atoms with Crippen molar-refractivity contribution in [3.05, 3.63) is 94.4 Å². The number of hydrogen-bond acceptors (Lipinski definition) is 8. The number of benzene rings is 2. The second kappa shape index (κ2) is 10.0. The van der Waals surface area contributed by atoms with Crippen LogP contribution in [0.25, 0.3) is 0 Å². The van der Waals surface area contributed by atoms with Gasteiger partial charge in [0.05, 0.1) is 24.5 Å². The first-order valence-corrected chi connectivity index (χ1v) is 13.5. The molecule has 0 amide bonds. The number of pyridine rings is 1. The van der Waals surface area contributed by atoms with Gasteiger partial charge in [0, 0.05) is 68.7 Å². The minimum Gasteiger partial charge on any atom is -0.379 e. The number of aromatic amines is 1. The Hall–Kier alpha value is -3.27. The van der Waals surface area contributed by atoms with E-state index in [2.05, 4.69) is 61.6 Å². The van der Waals surface area contributed by atoms with Gasteiger partial charge in [0.25, 0.3) is 0 Å². The molecule has 4 heterocycles. The first kappa shape index (κ1) is 23.1. The molecule has 7 nitrogen and oxygen atoms in total. The Kier molecular flexibility index (Phi) is 6.43. The van der Waals surface area contributed by atoms with Gasteiger partial charge in [-0.15, -0.1) is 0 Å². The Labute approximate surface area is 217 Å². The lowest BCUT2D eigenvalue weighted by molar-refractivity contribution is 0.0379. The summed E-state index contributed by atoms with van der Waals surface area (Å²) in [4.78, 5) is 30.5. The van der Waals surface area contributed by atoms with Crippen molar-refractivity contribution in [1.29, 1.82) is 0 Å². The third-order valence-corrected chi connectivity index (χ3v) is 8.98. The molecular weight excluding hydrogens is 490 g/mol. The van der Waals surface area contributed by atoms with Crippen molar-refractivity contribution in [1.82, 2.24) is 15.0 Å². The lowest BCUT2D eigenvalue weighted by Gasteiger charge is -2.36. The van der Waals surface area contributed by atoms with Crippen molar-refractivity contribution in [3.63, 3.8) is 0 Å². The van der Waals surface area contributed by atoms with Crippen LogP contribution in [0.15, 0.2) is 91.5 Å². The van der Waals surface area contributed by atoms with Crippen LogP contribution in [-0.2, 0) is 11.3 Å². The topological polar surface area (TPSA) is 83.1 Å². The predicted octanol–water partition coefficient (Wildman–Crippen LogP) is 5.28. The number of fused-ring (bicyclic) bond motifs is 2. The van der Waals surface area contributed by atoms with Gasteiger partial charge >= 0.3 is 0 Å². The van der Waals surface area contributed by atoms with Gasteiger partial charge in [0.15, 0.2) is 0 Å². The number of aryl methyl sites for hydroxylation is 1. The molecule has 1 fully saturated rings. The maximum absolute atomic E-state index is 11.8. The van der Waals surface area contributed by atoms with E-state index in [4.69, 9.17) is 4.74 Å². The van der Waals surface area contributed by atoms with Crippen molar-refractivity contribution >= 4 is 34.9 Å². The molecule has 9 heteroatoms. The first-order valence-electron chi connectivity index (χ1n) is 11.8. The fourth-order valence-corrected chi connectivity index (χ4v) is 6.93. The molecule has 2 aliphatic heterocycles. The van der Waals surface area contributed by atoms with Gasteiger partial charge in [-0.2, -0.15) is 0 Å². The molecule has 182 valence electrons. The molecule has 1 saturated heterocycles. The second-order valence-electron chi connectivity index (χ2n) is 8.70. The number of hydrogen-bond donors (Lipinski definition) is 2. The Morgan fingerprint density at radius 2 is 2.00 bits per heavy atom. The Morgan fingerprint density at radius 1 is 1.08 bits per heavy atom. The summed E-state index contributed by atoms with van der Waals surface area (Å²) >= 11 is 3.60. The number of H-pyrrole nitrogens is 1. The fourth-order valence-electron chi connectivity index (χ4n) is 4.48. The monoisotopic (exact) mass is 515 g/mol. The van der Waals surface area contributed by atoms with Crippen LogP contribution in [0.3, 0.4) is 0 Å². The Morgan fingerprint density at radius 3 is 2.89 bits per heavy atom. The number of nitrogens with one attached hydrogen (secondary N) is 2. The van der Waals surface area contributed by atoms with Crippen molar-refractivity contribution in [3.8, 4) is 0 Å². The summed E-state index contributed by atoms with van der Waals surface area (Å²) in [5, 5.41) is 3.49. The average molecular weight is 516 g/mol. The zero-order valence-electron chi connectivity index (χ0n) is 19.7. The van der Waals surface area contributed by atoms with E-state index in [1.54, 1.807) is 48.2 Å². The largest absolute Gasteiger partial charge is 0.379 e. The minimum absolute atomic E-state index is 0.0567. The van der Waals surface area contributed by atoms with Gasteiger partial charge in [-0.3, -0.25) is 14.8 Å². The summed E-state index contributed by atoms with van der Waals surface area (Å²) in [5.74, 6) is 0. The average Bonchev–Trinajstić information content (AvgIpc) is 2.91. The van der Waals surface area contributed by atoms with Gasteiger partial charge in [0.1, 0.15) is 6.10 Å². The van der Waals surface area contributed by atoms with Crippen LogP contribution in [0, 0.1) is 6.92 Å². The number of anilines is 2. The molecule has 0 saturated carbocycles. The molecule has 0 spiro atoms. The molecule has 1 unspecified atom stereocenters. The highest BCUT2D eigenvalue weighted by Crippen LogP contribution is 2.51. The predicted molar refractivity (Wildman–Crippen MR) is 143 cm³/mol. The molecule has 2 N–H and O–H groups in total. The number of aromatic nitrogens is 3. The summed E-state index contributed by atoms with van der Waals surface area (Å²) < 4.78 is 6.23. The lowest BCUT2D eigenvalue weighted by atomic mass is 10.1. The number of nitrogens with zero attached hydrogens (tertiary/aromatic N) is 3. The number of ether oxygens (including phenoxy) is 1. The van der Waals surface area contributed by atoms with Gasteiger partial charge in [0.2, 0.25) is 5.56 Å². The molecular formula is C27H25N5O2S2. The number of rotatable bonds is 5. The zero-order chi connectivity index (χ0) is 24.5. The molecule has 2 aromatic carbocycles. The Bertz CT molecular complexity index is 1470. The molecule has 0 aliphatic carbocycles. The van der Waals surface area contributed by atoms with Crippen LogP contribution in [0.5, 0.6) is 0 Å². The van der Waals surface area contributed by atoms with Crippen LogP contribution in [-0.4, -0.2) is 34.6 Å². The van der Waals surface area contributed by atoms with Gasteiger partial charge < -0.3 is 19.9 Å². The van der Waals surface area contributed by atoms with Crippen LogP contribution in [0.1, 0.15) is 23.1 Å². The molecule has 36 heavy (non-hydrogen) atoms. The molecule has 6 rings (SSSR count). The fraction of sp³-hybridized carbons (Fsp3) is 0.222. The first-order chi connectivity index (χ1) is 17.6. The highest BCUT2D eigenvalue weighted by atomic mass is 32.2. The molecule has 0 bridgehead atoms. The summed E-state index contributed by atoms with van der Waals surface area (Å²) in [6.07, 6.45) is 5.09. The molecule has 2 aliphatic rings. The summed E-state index contributed by atoms with van der Waals surface area (Å²) in [7, 11) is 0. The molecule has 1 atom stereocenters. The number of morpholine rings is 1. The maximum Gasteiger partial charge on any atom is 0.249 e.